The van der Waals surface area contributed by atoms with E-state index >= 15 is 0 Å². The van der Waals surface area contributed by atoms with Gasteiger partial charge >= 0.3 is 0 Å². The number of nitrogens with one attached hydrogen (secondary N) is 1. The number of rotatable bonds is 5. The van der Waals surface area contributed by atoms with Crippen LogP contribution in [0.1, 0.15) is 19.8 Å². The molecular formula is C14H20N4O. The SMILES string of the molecule is CCCOCC1CCN(c2ncnc3[nH]ccc23)C1. The molecule has 3 heterocycles. The fourth-order valence-corrected chi connectivity index (χ4v) is 2.67. The van der Waals surface area contributed by atoms with Crippen LogP contribution in [0.2, 0.25) is 0 Å². The van der Waals surface area contributed by atoms with Gasteiger partial charge in [-0.1, -0.05) is 6.92 Å². The van der Waals surface area contributed by atoms with Gasteiger partial charge in [-0.15, -0.1) is 0 Å². The smallest absolute Gasteiger partial charge is 0.142 e. The number of aromatic nitrogens is 3. The first-order valence-corrected chi connectivity index (χ1v) is 6.99. The normalized spacial score (nSPS) is 19.4. The van der Waals surface area contributed by atoms with Crippen molar-refractivity contribution in [2.45, 2.75) is 19.8 Å². The Balaban J connectivity index is 1.69. The minimum absolute atomic E-state index is 0.621. The summed E-state index contributed by atoms with van der Waals surface area (Å²) in [6.45, 7) is 5.96. The molecule has 1 unspecified atom stereocenters. The second kappa shape index (κ2) is 5.57. The maximum Gasteiger partial charge on any atom is 0.142 e. The third kappa shape index (κ3) is 2.56. The molecule has 0 aromatic carbocycles. The lowest BCUT2D eigenvalue weighted by atomic mass is 10.1. The van der Waals surface area contributed by atoms with Gasteiger partial charge in [-0.3, -0.25) is 0 Å². The maximum absolute atomic E-state index is 5.66. The van der Waals surface area contributed by atoms with Crippen molar-refractivity contribution >= 4 is 16.9 Å². The van der Waals surface area contributed by atoms with Crippen LogP contribution < -0.4 is 4.90 Å². The average molecular weight is 260 g/mol. The van der Waals surface area contributed by atoms with Gasteiger partial charge in [-0.2, -0.15) is 0 Å². The Hall–Kier alpha value is -1.62. The molecule has 1 aliphatic rings. The molecule has 2 aromatic heterocycles. The first-order valence-electron chi connectivity index (χ1n) is 6.99. The van der Waals surface area contributed by atoms with Gasteiger partial charge in [0.25, 0.3) is 0 Å². The molecule has 0 radical (unpaired) electrons. The highest BCUT2D eigenvalue weighted by Crippen LogP contribution is 2.27. The van der Waals surface area contributed by atoms with Crippen molar-refractivity contribution in [2.75, 3.05) is 31.2 Å². The van der Waals surface area contributed by atoms with Crippen LogP contribution in [-0.2, 0) is 4.74 Å². The van der Waals surface area contributed by atoms with Gasteiger partial charge < -0.3 is 14.6 Å². The Kier molecular flexibility index (Phi) is 3.64. The highest BCUT2D eigenvalue weighted by atomic mass is 16.5. The largest absolute Gasteiger partial charge is 0.381 e. The quantitative estimate of drug-likeness (QED) is 0.837. The number of anilines is 1. The number of fused-ring (bicyclic) bond motifs is 1. The number of hydrogen-bond acceptors (Lipinski definition) is 4. The highest BCUT2D eigenvalue weighted by molar-refractivity contribution is 5.87. The summed E-state index contributed by atoms with van der Waals surface area (Å²) in [5.74, 6) is 1.67. The zero-order valence-corrected chi connectivity index (χ0v) is 11.3. The van der Waals surface area contributed by atoms with E-state index in [1.165, 1.54) is 6.42 Å². The van der Waals surface area contributed by atoms with E-state index in [0.29, 0.717) is 5.92 Å². The lowest BCUT2D eigenvalue weighted by molar-refractivity contribution is 0.106. The predicted molar refractivity (Wildman–Crippen MR) is 75.3 cm³/mol. The zero-order valence-electron chi connectivity index (χ0n) is 11.3. The van der Waals surface area contributed by atoms with Crippen molar-refractivity contribution in [1.82, 2.24) is 15.0 Å². The van der Waals surface area contributed by atoms with Gasteiger partial charge in [0.15, 0.2) is 0 Å². The van der Waals surface area contributed by atoms with Gasteiger partial charge in [0.05, 0.1) is 12.0 Å². The Morgan fingerprint density at radius 2 is 2.42 bits per heavy atom. The number of H-pyrrole nitrogens is 1. The monoisotopic (exact) mass is 260 g/mol. The summed E-state index contributed by atoms with van der Waals surface area (Å²) in [6, 6.07) is 2.05. The van der Waals surface area contributed by atoms with E-state index in [0.717, 1.165) is 49.6 Å². The van der Waals surface area contributed by atoms with E-state index < -0.39 is 0 Å². The van der Waals surface area contributed by atoms with E-state index in [9.17, 15) is 0 Å². The third-order valence-corrected chi connectivity index (χ3v) is 3.62. The number of ether oxygens (including phenoxy) is 1. The summed E-state index contributed by atoms with van der Waals surface area (Å²) < 4.78 is 5.66. The fraction of sp³-hybridized carbons (Fsp3) is 0.571. The highest BCUT2D eigenvalue weighted by Gasteiger charge is 2.25. The van der Waals surface area contributed by atoms with Crippen LogP contribution in [0.5, 0.6) is 0 Å². The molecular weight excluding hydrogens is 240 g/mol. The summed E-state index contributed by atoms with van der Waals surface area (Å²) in [5.41, 5.74) is 0.913. The van der Waals surface area contributed by atoms with Crippen LogP contribution in [0.25, 0.3) is 11.0 Å². The van der Waals surface area contributed by atoms with Gasteiger partial charge in [0.2, 0.25) is 0 Å². The second-order valence-electron chi connectivity index (χ2n) is 5.11. The van der Waals surface area contributed by atoms with Crippen molar-refractivity contribution in [3.8, 4) is 0 Å². The van der Waals surface area contributed by atoms with E-state index in [1.54, 1.807) is 6.33 Å². The Morgan fingerprint density at radius 3 is 3.32 bits per heavy atom. The molecule has 0 bridgehead atoms. The molecule has 1 saturated heterocycles. The van der Waals surface area contributed by atoms with Gasteiger partial charge in [-0.25, -0.2) is 9.97 Å². The second-order valence-corrected chi connectivity index (χ2v) is 5.11. The molecule has 19 heavy (non-hydrogen) atoms. The van der Waals surface area contributed by atoms with Crippen molar-refractivity contribution in [1.29, 1.82) is 0 Å². The Morgan fingerprint density at radius 1 is 1.47 bits per heavy atom. The maximum atomic E-state index is 5.66. The number of nitrogens with zero attached hydrogens (tertiary/aromatic N) is 3. The molecule has 1 atom stereocenters. The Labute approximate surface area is 113 Å². The van der Waals surface area contributed by atoms with Gasteiger partial charge in [0.1, 0.15) is 17.8 Å². The molecule has 1 fully saturated rings. The molecule has 0 saturated carbocycles. The summed E-state index contributed by atoms with van der Waals surface area (Å²) in [5, 5.41) is 1.11. The molecule has 1 aliphatic heterocycles. The van der Waals surface area contributed by atoms with Crippen LogP contribution in [0.3, 0.4) is 0 Å². The van der Waals surface area contributed by atoms with Crippen LogP contribution in [0.4, 0.5) is 5.82 Å². The average Bonchev–Trinajstić information content (AvgIpc) is 3.07. The van der Waals surface area contributed by atoms with Crippen LogP contribution in [-0.4, -0.2) is 41.3 Å². The molecule has 102 valence electrons. The predicted octanol–water partition coefficient (Wildman–Crippen LogP) is 2.21. The summed E-state index contributed by atoms with van der Waals surface area (Å²) in [4.78, 5) is 14.2. The summed E-state index contributed by atoms with van der Waals surface area (Å²) >= 11 is 0. The molecule has 0 aliphatic carbocycles. The zero-order chi connectivity index (χ0) is 13.1. The van der Waals surface area contributed by atoms with E-state index in [2.05, 4.69) is 26.8 Å². The van der Waals surface area contributed by atoms with Crippen molar-refractivity contribution in [3.63, 3.8) is 0 Å². The molecule has 3 rings (SSSR count). The van der Waals surface area contributed by atoms with Crippen molar-refractivity contribution < 1.29 is 4.74 Å². The third-order valence-electron chi connectivity index (χ3n) is 3.62. The minimum Gasteiger partial charge on any atom is -0.381 e. The van der Waals surface area contributed by atoms with Gasteiger partial charge in [0, 0.05) is 31.8 Å². The summed E-state index contributed by atoms with van der Waals surface area (Å²) in [6.07, 6.45) is 5.82. The molecule has 2 aromatic rings. The van der Waals surface area contributed by atoms with Crippen molar-refractivity contribution in [2.24, 2.45) is 5.92 Å². The van der Waals surface area contributed by atoms with Crippen LogP contribution >= 0.6 is 0 Å². The molecule has 0 amide bonds. The minimum atomic E-state index is 0.621. The first-order chi connectivity index (χ1) is 9.38. The first kappa shape index (κ1) is 12.4. The summed E-state index contributed by atoms with van der Waals surface area (Å²) in [7, 11) is 0. The fourth-order valence-electron chi connectivity index (χ4n) is 2.67. The molecule has 0 spiro atoms. The van der Waals surface area contributed by atoms with E-state index in [4.69, 9.17) is 4.74 Å². The van der Waals surface area contributed by atoms with Gasteiger partial charge in [-0.05, 0) is 18.9 Å². The molecule has 1 N–H and O–H groups in total. The lowest BCUT2D eigenvalue weighted by Gasteiger charge is -2.18. The van der Waals surface area contributed by atoms with E-state index in [-0.39, 0.29) is 0 Å². The Bertz CT molecular complexity index is 539. The van der Waals surface area contributed by atoms with Crippen LogP contribution in [0, 0.1) is 5.92 Å². The standard InChI is InChI=1S/C14H20N4O/c1-2-7-19-9-11-4-6-18(8-11)14-12-3-5-15-13(12)16-10-17-14/h3,5,10-11H,2,4,6-9H2,1H3,(H,15,16,17). The lowest BCUT2D eigenvalue weighted by Crippen LogP contribution is -2.22. The molecule has 5 nitrogen and oxygen atoms in total. The number of hydrogen-bond donors (Lipinski definition) is 1. The molecule has 5 heteroatoms. The van der Waals surface area contributed by atoms with E-state index in [1.807, 2.05) is 12.3 Å². The van der Waals surface area contributed by atoms with Crippen molar-refractivity contribution in [3.05, 3.63) is 18.6 Å². The topological polar surface area (TPSA) is 54.0 Å². The van der Waals surface area contributed by atoms with Crippen LogP contribution in [0.15, 0.2) is 18.6 Å². The number of aromatic amines is 1.